The first-order valence-electron chi connectivity index (χ1n) is 6.83. The third-order valence-corrected chi connectivity index (χ3v) is 4.63. The number of nitrogens with two attached hydrogens (primary N) is 1. The number of nitrogens with zero attached hydrogens (tertiary/aromatic N) is 1. The number of likely N-dealkylation sites (tertiary alicyclic amines) is 1. The maximum atomic E-state index is 8.89. The Kier molecular flexibility index (Phi) is 4.22. The van der Waals surface area contributed by atoms with Crippen molar-refractivity contribution in [3.8, 4) is 0 Å². The molecule has 1 saturated heterocycles. The summed E-state index contributed by atoms with van der Waals surface area (Å²) in [6.45, 7) is 3.69. The molecular weight excluding hydrogens is 200 g/mol. The van der Waals surface area contributed by atoms with E-state index in [9.17, 15) is 0 Å². The molecule has 0 aromatic rings. The fourth-order valence-electron chi connectivity index (χ4n) is 3.32. The molecule has 0 radical (unpaired) electrons. The van der Waals surface area contributed by atoms with Crippen LogP contribution in [-0.4, -0.2) is 42.3 Å². The van der Waals surface area contributed by atoms with E-state index in [0.29, 0.717) is 0 Å². The van der Waals surface area contributed by atoms with E-state index in [-0.39, 0.29) is 12.6 Å². The molecular formula is C13H26N2O. The van der Waals surface area contributed by atoms with Crippen molar-refractivity contribution in [3.63, 3.8) is 0 Å². The third kappa shape index (κ3) is 2.96. The Bertz CT molecular complexity index is 204. The van der Waals surface area contributed by atoms with Gasteiger partial charge < -0.3 is 15.7 Å². The summed E-state index contributed by atoms with van der Waals surface area (Å²) in [6.07, 6.45) is 9.56. The van der Waals surface area contributed by atoms with Gasteiger partial charge in [-0.2, -0.15) is 0 Å². The molecule has 1 saturated carbocycles. The lowest BCUT2D eigenvalue weighted by molar-refractivity contribution is 0.104. The monoisotopic (exact) mass is 226 g/mol. The van der Waals surface area contributed by atoms with Gasteiger partial charge in [0, 0.05) is 6.04 Å². The molecule has 0 amide bonds. The maximum absolute atomic E-state index is 8.89. The Morgan fingerprint density at radius 1 is 1.12 bits per heavy atom. The van der Waals surface area contributed by atoms with E-state index >= 15 is 0 Å². The minimum atomic E-state index is -0.0256. The van der Waals surface area contributed by atoms with Gasteiger partial charge in [-0.3, -0.25) is 0 Å². The molecule has 0 aromatic carbocycles. The second-order valence-electron chi connectivity index (χ2n) is 5.78. The minimum absolute atomic E-state index is 0.0256. The Balaban J connectivity index is 1.69. The zero-order valence-electron chi connectivity index (χ0n) is 10.3. The average Bonchev–Trinajstić information content (AvgIpc) is 2.77. The van der Waals surface area contributed by atoms with Gasteiger partial charge in [0.2, 0.25) is 0 Å². The fourth-order valence-corrected chi connectivity index (χ4v) is 3.32. The summed E-state index contributed by atoms with van der Waals surface area (Å²) < 4.78 is 0. The predicted octanol–water partition coefficient (Wildman–Crippen LogP) is 1.35. The van der Waals surface area contributed by atoms with Crippen molar-refractivity contribution in [2.45, 2.75) is 51.0 Å². The number of piperidine rings is 1. The summed E-state index contributed by atoms with van der Waals surface area (Å²) in [6, 6.07) is -0.0256. The smallest absolute Gasteiger partial charge is 0.0583 e. The molecule has 1 aliphatic heterocycles. The first-order valence-corrected chi connectivity index (χ1v) is 6.83. The van der Waals surface area contributed by atoms with Crippen molar-refractivity contribution < 1.29 is 5.11 Å². The van der Waals surface area contributed by atoms with Crippen molar-refractivity contribution in [2.75, 3.05) is 26.2 Å². The molecule has 94 valence electrons. The van der Waals surface area contributed by atoms with Crippen LogP contribution in [0.5, 0.6) is 0 Å². The van der Waals surface area contributed by atoms with Crippen LogP contribution in [0.1, 0.15) is 44.9 Å². The minimum Gasteiger partial charge on any atom is -0.395 e. The number of hydrogen-bond acceptors (Lipinski definition) is 3. The largest absolute Gasteiger partial charge is 0.395 e. The number of aliphatic hydroxyl groups is 1. The highest BCUT2D eigenvalue weighted by Crippen LogP contribution is 2.45. The molecule has 3 heteroatoms. The van der Waals surface area contributed by atoms with Crippen LogP contribution < -0.4 is 5.73 Å². The second-order valence-corrected chi connectivity index (χ2v) is 5.78. The Morgan fingerprint density at radius 3 is 2.31 bits per heavy atom. The van der Waals surface area contributed by atoms with Gasteiger partial charge in [-0.15, -0.1) is 0 Å². The summed E-state index contributed by atoms with van der Waals surface area (Å²) in [5.41, 5.74) is 6.45. The molecule has 0 aromatic heterocycles. The fraction of sp³-hybridized carbons (Fsp3) is 1.00. The molecule has 1 aliphatic carbocycles. The van der Waals surface area contributed by atoms with Gasteiger partial charge in [0.15, 0.2) is 0 Å². The van der Waals surface area contributed by atoms with E-state index in [2.05, 4.69) is 4.90 Å². The van der Waals surface area contributed by atoms with Gasteiger partial charge >= 0.3 is 0 Å². The SMILES string of the molecule is NC(CO)CCN1CCC2(CCCC2)CC1. The van der Waals surface area contributed by atoms with Crippen molar-refractivity contribution in [2.24, 2.45) is 11.1 Å². The van der Waals surface area contributed by atoms with Gasteiger partial charge in [0.25, 0.3) is 0 Å². The van der Waals surface area contributed by atoms with E-state index in [0.717, 1.165) is 18.4 Å². The lowest BCUT2D eigenvalue weighted by atomic mass is 9.77. The third-order valence-electron chi connectivity index (χ3n) is 4.63. The molecule has 0 bridgehead atoms. The van der Waals surface area contributed by atoms with Crippen LogP contribution in [0.4, 0.5) is 0 Å². The zero-order valence-corrected chi connectivity index (χ0v) is 10.3. The highest BCUT2D eigenvalue weighted by atomic mass is 16.3. The molecule has 1 heterocycles. The van der Waals surface area contributed by atoms with E-state index in [1.807, 2.05) is 0 Å². The molecule has 16 heavy (non-hydrogen) atoms. The van der Waals surface area contributed by atoms with E-state index in [4.69, 9.17) is 10.8 Å². The number of aliphatic hydroxyl groups excluding tert-OH is 1. The van der Waals surface area contributed by atoms with E-state index < -0.39 is 0 Å². The van der Waals surface area contributed by atoms with Crippen LogP contribution in [0, 0.1) is 5.41 Å². The van der Waals surface area contributed by atoms with Crippen molar-refractivity contribution >= 4 is 0 Å². The molecule has 2 fully saturated rings. The first-order chi connectivity index (χ1) is 7.74. The summed E-state index contributed by atoms with van der Waals surface area (Å²) in [4.78, 5) is 2.53. The van der Waals surface area contributed by atoms with Gasteiger partial charge in [-0.25, -0.2) is 0 Å². The highest BCUT2D eigenvalue weighted by Gasteiger charge is 2.36. The summed E-state index contributed by atoms with van der Waals surface area (Å²) in [5, 5.41) is 8.89. The Labute approximate surface area is 99.0 Å². The Hall–Kier alpha value is -0.120. The van der Waals surface area contributed by atoms with E-state index in [1.165, 1.54) is 51.6 Å². The lowest BCUT2D eigenvalue weighted by Gasteiger charge is -2.39. The van der Waals surface area contributed by atoms with Gasteiger partial charge in [0.05, 0.1) is 6.61 Å². The van der Waals surface area contributed by atoms with Gasteiger partial charge in [0.1, 0.15) is 0 Å². The quantitative estimate of drug-likeness (QED) is 0.761. The predicted molar refractivity (Wildman–Crippen MR) is 66.3 cm³/mol. The lowest BCUT2D eigenvalue weighted by Crippen LogP contribution is -2.41. The van der Waals surface area contributed by atoms with Gasteiger partial charge in [-0.05, 0) is 57.2 Å². The summed E-state index contributed by atoms with van der Waals surface area (Å²) >= 11 is 0. The molecule has 2 aliphatic rings. The molecule has 1 atom stereocenters. The number of hydrogen-bond donors (Lipinski definition) is 2. The van der Waals surface area contributed by atoms with Crippen LogP contribution in [0.15, 0.2) is 0 Å². The van der Waals surface area contributed by atoms with Crippen LogP contribution in [0.2, 0.25) is 0 Å². The number of rotatable bonds is 4. The standard InChI is InChI=1S/C13H26N2O/c14-12(11-16)3-8-15-9-6-13(7-10-15)4-1-2-5-13/h12,16H,1-11,14H2. The zero-order chi connectivity index (χ0) is 11.4. The molecule has 3 N–H and O–H groups in total. The summed E-state index contributed by atoms with van der Waals surface area (Å²) in [7, 11) is 0. The normalized spacial score (nSPS) is 27.4. The van der Waals surface area contributed by atoms with Crippen LogP contribution in [-0.2, 0) is 0 Å². The van der Waals surface area contributed by atoms with Crippen LogP contribution in [0.3, 0.4) is 0 Å². The summed E-state index contributed by atoms with van der Waals surface area (Å²) in [5.74, 6) is 0. The molecule has 1 unspecified atom stereocenters. The van der Waals surface area contributed by atoms with Crippen LogP contribution in [0.25, 0.3) is 0 Å². The second kappa shape index (κ2) is 5.48. The van der Waals surface area contributed by atoms with Crippen molar-refractivity contribution in [1.82, 2.24) is 4.90 Å². The highest BCUT2D eigenvalue weighted by molar-refractivity contribution is 4.89. The van der Waals surface area contributed by atoms with Crippen molar-refractivity contribution in [3.05, 3.63) is 0 Å². The molecule has 1 spiro atoms. The molecule has 3 nitrogen and oxygen atoms in total. The topological polar surface area (TPSA) is 49.5 Å². The van der Waals surface area contributed by atoms with E-state index in [1.54, 1.807) is 0 Å². The van der Waals surface area contributed by atoms with Gasteiger partial charge in [-0.1, -0.05) is 12.8 Å². The average molecular weight is 226 g/mol. The first kappa shape index (κ1) is 12.3. The van der Waals surface area contributed by atoms with Crippen LogP contribution >= 0.6 is 0 Å². The molecule has 2 rings (SSSR count). The Morgan fingerprint density at radius 2 is 1.75 bits per heavy atom. The van der Waals surface area contributed by atoms with Crippen molar-refractivity contribution in [1.29, 1.82) is 0 Å². The maximum Gasteiger partial charge on any atom is 0.0583 e.